The number of aromatic nitrogens is 2. The minimum atomic E-state index is -0.237. The molecule has 3 rings (SSSR count). The van der Waals surface area contributed by atoms with Crippen molar-refractivity contribution in [2.45, 2.75) is 31.9 Å². The molecule has 0 bridgehead atoms. The van der Waals surface area contributed by atoms with Gasteiger partial charge in [-0.05, 0) is 31.4 Å². The Balaban J connectivity index is 1.61. The maximum atomic E-state index is 12.2. The Morgan fingerprint density at radius 2 is 2.27 bits per heavy atom. The van der Waals surface area contributed by atoms with Crippen molar-refractivity contribution in [1.29, 1.82) is 0 Å². The summed E-state index contributed by atoms with van der Waals surface area (Å²) in [6.45, 7) is 1.53. The van der Waals surface area contributed by atoms with Gasteiger partial charge in [0.1, 0.15) is 0 Å². The average molecular weight is 320 g/mol. The quantitative estimate of drug-likeness (QED) is 0.940. The summed E-state index contributed by atoms with van der Waals surface area (Å²) in [7, 11) is 0. The molecule has 116 valence electrons. The van der Waals surface area contributed by atoms with E-state index in [-0.39, 0.29) is 12.0 Å². The van der Waals surface area contributed by atoms with Gasteiger partial charge in [-0.15, -0.1) is 0 Å². The summed E-state index contributed by atoms with van der Waals surface area (Å²) in [4.78, 5) is 12.2. The normalized spacial score (nSPS) is 18.1. The van der Waals surface area contributed by atoms with E-state index in [4.69, 9.17) is 16.3 Å². The van der Waals surface area contributed by atoms with Crippen LogP contribution < -0.4 is 5.32 Å². The van der Waals surface area contributed by atoms with E-state index < -0.39 is 0 Å². The van der Waals surface area contributed by atoms with Gasteiger partial charge >= 0.3 is 0 Å². The number of rotatable bonds is 4. The van der Waals surface area contributed by atoms with E-state index >= 15 is 0 Å². The van der Waals surface area contributed by atoms with Crippen LogP contribution in [-0.2, 0) is 11.3 Å². The van der Waals surface area contributed by atoms with E-state index in [1.165, 1.54) is 6.42 Å². The molecule has 0 unspecified atom stereocenters. The predicted octanol–water partition coefficient (Wildman–Crippen LogP) is 3.36. The number of carbonyl (C=O) groups excluding carboxylic acids is 1. The van der Waals surface area contributed by atoms with Crippen molar-refractivity contribution in [1.82, 2.24) is 9.78 Å². The van der Waals surface area contributed by atoms with Crippen LogP contribution in [0.5, 0.6) is 0 Å². The highest BCUT2D eigenvalue weighted by atomic mass is 35.5. The summed E-state index contributed by atoms with van der Waals surface area (Å²) in [6, 6.07) is 6.96. The third kappa shape index (κ3) is 3.67. The molecule has 1 atom stereocenters. The van der Waals surface area contributed by atoms with Gasteiger partial charge in [-0.25, -0.2) is 0 Å². The molecule has 1 aromatic carbocycles. The number of carbonyl (C=O) groups is 1. The van der Waals surface area contributed by atoms with Crippen LogP contribution in [0.3, 0.4) is 0 Å². The first-order valence-corrected chi connectivity index (χ1v) is 7.80. The highest BCUT2D eigenvalue weighted by Gasteiger charge is 2.15. The van der Waals surface area contributed by atoms with Gasteiger partial charge in [0.15, 0.2) is 0 Å². The Morgan fingerprint density at radius 3 is 3.05 bits per heavy atom. The van der Waals surface area contributed by atoms with Gasteiger partial charge < -0.3 is 10.1 Å². The van der Waals surface area contributed by atoms with Crippen molar-refractivity contribution >= 4 is 23.2 Å². The van der Waals surface area contributed by atoms with Crippen LogP contribution in [0.2, 0.25) is 5.02 Å². The van der Waals surface area contributed by atoms with Crippen molar-refractivity contribution in [2.24, 2.45) is 0 Å². The second-order valence-electron chi connectivity index (χ2n) is 5.37. The van der Waals surface area contributed by atoms with Gasteiger partial charge in [-0.2, -0.15) is 5.10 Å². The summed E-state index contributed by atoms with van der Waals surface area (Å²) in [6.07, 6.45) is 7.04. The average Bonchev–Trinajstić information content (AvgIpc) is 2.95. The summed E-state index contributed by atoms with van der Waals surface area (Å²) in [5.74, 6) is -0.237. The minimum Gasteiger partial charge on any atom is -0.376 e. The van der Waals surface area contributed by atoms with E-state index in [0.717, 1.165) is 19.4 Å². The number of hydrogen-bond donors (Lipinski definition) is 1. The number of anilines is 1. The summed E-state index contributed by atoms with van der Waals surface area (Å²) in [5, 5.41) is 7.51. The molecule has 22 heavy (non-hydrogen) atoms. The molecule has 2 heterocycles. The highest BCUT2D eigenvalue weighted by Crippen LogP contribution is 2.18. The lowest BCUT2D eigenvalue weighted by Crippen LogP contribution is -2.24. The molecule has 1 saturated heterocycles. The Kier molecular flexibility index (Phi) is 4.75. The Labute approximate surface area is 134 Å². The van der Waals surface area contributed by atoms with Crippen LogP contribution in [0, 0.1) is 0 Å². The smallest absolute Gasteiger partial charge is 0.257 e. The Bertz CT molecular complexity index is 650. The molecule has 5 nitrogen and oxygen atoms in total. The molecule has 0 radical (unpaired) electrons. The molecule has 0 spiro atoms. The first-order chi connectivity index (χ1) is 10.7. The maximum Gasteiger partial charge on any atom is 0.257 e. The highest BCUT2D eigenvalue weighted by molar-refractivity contribution is 6.34. The largest absolute Gasteiger partial charge is 0.376 e. The van der Waals surface area contributed by atoms with Crippen molar-refractivity contribution in [3.63, 3.8) is 0 Å². The molecule has 1 aliphatic rings. The van der Waals surface area contributed by atoms with Crippen molar-refractivity contribution in [3.8, 4) is 0 Å². The number of nitrogens with one attached hydrogen (secondary N) is 1. The monoisotopic (exact) mass is 319 g/mol. The fourth-order valence-electron chi connectivity index (χ4n) is 2.53. The molecule has 2 aromatic rings. The number of nitrogens with zero attached hydrogens (tertiary/aromatic N) is 2. The fraction of sp³-hybridized carbons (Fsp3) is 0.375. The second-order valence-corrected chi connectivity index (χ2v) is 5.78. The van der Waals surface area contributed by atoms with Gasteiger partial charge in [-0.3, -0.25) is 9.48 Å². The zero-order valence-electron chi connectivity index (χ0n) is 12.2. The number of halogens is 1. The van der Waals surface area contributed by atoms with Crippen molar-refractivity contribution in [2.75, 3.05) is 11.9 Å². The fourth-order valence-corrected chi connectivity index (χ4v) is 2.75. The van der Waals surface area contributed by atoms with E-state index in [2.05, 4.69) is 10.4 Å². The third-order valence-electron chi connectivity index (χ3n) is 3.67. The van der Waals surface area contributed by atoms with Crippen molar-refractivity contribution in [3.05, 3.63) is 47.2 Å². The van der Waals surface area contributed by atoms with Gasteiger partial charge in [0.25, 0.3) is 5.91 Å². The molecular formula is C16H18ClN3O2. The first kappa shape index (κ1) is 15.1. The van der Waals surface area contributed by atoms with Crippen LogP contribution >= 0.6 is 11.6 Å². The lowest BCUT2D eigenvalue weighted by Gasteiger charge is -2.22. The lowest BCUT2D eigenvalue weighted by atomic mass is 10.1. The van der Waals surface area contributed by atoms with Gasteiger partial charge in [0.05, 0.1) is 35.1 Å². The zero-order chi connectivity index (χ0) is 15.4. The molecule has 1 aliphatic heterocycles. The van der Waals surface area contributed by atoms with Gasteiger partial charge in [0.2, 0.25) is 0 Å². The molecule has 6 heteroatoms. The molecule has 1 fully saturated rings. The Morgan fingerprint density at radius 1 is 1.41 bits per heavy atom. The molecule has 0 aliphatic carbocycles. The van der Waals surface area contributed by atoms with Gasteiger partial charge in [0, 0.05) is 12.8 Å². The topological polar surface area (TPSA) is 56.2 Å². The number of amides is 1. The number of benzene rings is 1. The first-order valence-electron chi connectivity index (χ1n) is 7.42. The van der Waals surface area contributed by atoms with Gasteiger partial charge in [-0.1, -0.05) is 23.7 Å². The van der Waals surface area contributed by atoms with E-state index in [1.807, 2.05) is 6.20 Å². The van der Waals surface area contributed by atoms with Crippen LogP contribution in [0.1, 0.15) is 29.6 Å². The van der Waals surface area contributed by atoms with Crippen LogP contribution in [0.4, 0.5) is 5.69 Å². The second kappa shape index (κ2) is 6.94. The third-order valence-corrected chi connectivity index (χ3v) is 4.00. The van der Waals surface area contributed by atoms with E-state index in [1.54, 1.807) is 35.1 Å². The molecule has 1 N–H and O–H groups in total. The predicted molar refractivity (Wildman–Crippen MR) is 85.2 cm³/mol. The van der Waals surface area contributed by atoms with Crippen LogP contribution in [-0.4, -0.2) is 28.4 Å². The van der Waals surface area contributed by atoms with E-state index in [0.29, 0.717) is 22.8 Å². The van der Waals surface area contributed by atoms with E-state index in [9.17, 15) is 4.79 Å². The summed E-state index contributed by atoms with van der Waals surface area (Å²) < 4.78 is 7.50. The molecule has 1 aromatic heterocycles. The molecule has 1 amide bonds. The maximum absolute atomic E-state index is 12.2. The number of hydrogen-bond acceptors (Lipinski definition) is 3. The summed E-state index contributed by atoms with van der Waals surface area (Å²) >= 11 is 6.02. The van der Waals surface area contributed by atoms with Crippen molar-refractivity contribution < 1.29 is 9.53 Å². The summed E-state index contributed by atoms with van der Waals surface area (Å²) in [5.41, 5.74) is 1.10. The number of ether oxygens (including phenoxy) is 1. The van der Waals surface area contributed by atoms with Crippen LogP contribution in [0.15, 0.2) is 36.7 Å². The SMILES string of the molecule is O=C(Nc1cnn(C[C@H]2CCCCO2)c1)c1ccccc1Cl. The molecular weight excluding hydrogens is 302 g/mol. The molecule has 0 saturated carbocycles. The minimum absolute atomic E-state index is 0.209. The Hall–Kier alpha value is -1.85. The zero-order valence-corrected chi connectivity index (χ0v) is 12.9. The lowest BCUT2D eigenvalue weighted by molar-refractivity contribution is 0.00401. The standard InChI is InChI=1S/C16H18ClN3O2/c17-15-7-2-1-6-14(15)16(21)19-12-9-18-20(10-12)11-13-5-3-4-8-22-13/h1-2,6-7,9-10,13H,3-5,8,11H2,(H,19,21)/t13-/m1/s1. The van der Waals surface area contributed by atoms with Crippen LogP contribution in [0.25, 0.3) is 0 Å².